The summed E-state index contributed by atoms with van der Waals surface area (Å²) < 4.78 is 4.91. The Morgan fingerprint density at radius 3 is 2.83 bits per heavy atom. The van der Waals surface area contributed by atoms with Crippen LogP contribution in [0.5, 0.6) is 0 Å². The van der Waals surface area contributed by atoms with Gasteiger partial charge in [-0.3, -0.25) is 0 Å². The first-order chi connectivity index (χ1) is 8.72. The summed E-state index contributed by atoms with van der Waals surface area (Å²) in [7, 11) is 0. The van der Waals surface area contributed by atoms with Crippen LogP contribution in [0.25, 0.3) is 0 Å². The SMILES string of the molecule is Cc1cc(NCc2nocc2C)nc(C2CC2)n1. The van der Waals surface area contributed by atoms with Crippen LogP contribution in [0.1, 0.15) is 41.5 Å². The molecule has 0 bridgehead atoms. The number of rotatable bonds is 4. The van der Waals surface area contributed by atoms with Gasteiger partial charge >= 0.3 is 0 Å². The minimum Gasteiger partial charge on any atom is -0.364 e. The molecule has 18 heavy (non-hydrogen) atoms. The van der Waals surface area contributed by atoms with Gasteiger partial charge < -0.3 is 9.84 Å². The van der Waals surface area contributed by atoms with E-state index in [1.807, 2.05) is 19.9 Å². The van der Waals surface area contributed by atoms with Gasteiger partial charge in [-0.15, -0.1) is 0 Å². The van der Waals surface area contributed by atoms with Crippen molar-refractivity contribution in [2.75, 3.05) is 5.32 Å². The molecule has 2 aromatic heterocycles. The van der Waals surface area contributed by atoms with Crippen LogP contribution >= 0.6 is 0 Å². The number of anilines is 1. The normalized spacial score (nSPS) is 14.8. The van der Waals surface area contributed by atoms with Gasteiger partial charge in [-0.05, 0) is 26.7 Å². The van der Waals surface area contributed by atoms with Gasteiger partial charge in [0, 0.05) is 23.2 Å². The van der Waals surface area contributed by atoms with Crippen molar-refractivity contribution < 1.29 is 4.52 Å². The van der Waals surface area contributed by atoms with Crippen molar-refractivity contribution in [1.29, 1.82) is 0 Å². The Bertz CT molecular complexity index is 560. The smallest absolute Gasteiger partial charge is 0.134 e. The van der Waals surface area contributed by atoms with Crippen molar-refractivity contribution >= 4 is 5.82 Å². The lowest BCUT2D eigenvalue weighted by atomic mass is 10.3. The van der Waals surface area contributed by atoms with E-state index in [9.17, 15) is 0 Å². The van der Waals surface area contributed by atoms with Gasteiger partial charge in [-0.1, -0.05) is 5.16 Å². The molecule has 3 rings (SSSR count). The second-order valence-electron chi connectivity index (χ2n) is 4.82. The second-order valence-corrected chi connectivity index (χ2v) is 4.82. The summed E-state index contributed by atoms with van der Waals surface area (Å²) in [5, 5.41) is 7.22. The number of nitrogens with one attached hydrogen (secondary N) is 1. The Morgan fingerprint density at radius 1 is 1.33 bits per heavy atom. The highest BCUT2D eigenvalue weighted by Gasteiger charge is 2.27. The maximum Gasteiger partial charge on any atom is 0.134 e. The summed E-state index contributed by atoms with van der Waals surface area (Å²) in [5.74, 6) is 2.40. The molecule has 1 saturated carbocycles. The summed E-state index contributed by atoms with van der Waals surface area (Å²) in [6.07, 6.45) is 4.08. The predicted molar refractivity (Wildman–Crippen MR) is 67.3 cm³/mol. The fourth-order valence-electron chi connectivity index (χ4n) is 1.86. The van der Waals surface area contributed by atoms with Gasteiger partial charge in [-0.25, -0.2) is 9.97 Å². The van der Waals surface area contributed by atoms with Crippen LogP contribution in [-0.2, 0) is 6.54 Å². The van der Waals surface area contributed by atoms with Crippen molar-refractivity contribution in [3.05, 3.63) is 35.1 Å². The molecule has 0 radical (unpaired) electrons. The van der Waals surface area contributed by atoms with Crippen LogP contribution in [-0.4, -0.2) is 15.1 Å². The maximum atomic E-state index is 4.91. The molecular weight excluding hydrogens is 228 g/mol. The van der Waals surface area contributed by atoms with Crippen LogP contribution in [0.4, 0.5) is 5.82 Å². The lowest BCUT2D eigenvalue weighted by Gasteiger charge is -2.07. The van der Waals surface area contributed by atoms with E-state index >= 15 is 0 Å². The molecule has 1 N–H and O–H groups in total. The highest BCUT2D eigenvalue weighted by molar-refractivity contribution is 5.37. The van der Waals surface area contributed by atoms with E-state index in [4.69, 9.17) is 4.52 Å². The van der Waals surface area contributed by atoms with Gasteiger partial charge in [0.2, 0.25) is 0 Å². The maximum absolute atomic E-state index is 4.91. The minimum atomic E-state index is 0.569. The van der Waals surface area contributed by atoms with Crippen LogP contribution in [0.2, 0.25) is 0 Å². The lowest BCUT2D eigenvalue weighted by molar-refractivity contribution is 0.412. The van der Waals surface area contributed by atoms with Gasteiger partial charge in [0.25, 0.3) is 0 Å². The molecule has 0 saturated heterocycles. The quantitative estimate of drug-likeness (QED) is 0.895. The average molecular weight is 244 g/mol. The molecule has 1 fully saturated rings. The second kappa shape index (κ2) is 4.40. The van der Waals surface area contributed by atoms with Crippen molar-refractivity contribution in [3.8, 4) is 0 Å². The van der Waals surface area contributed by atoms with Gasteiger partial charge in [-0.2, -0.15) is 0 Å². The van der Waals surface area contributed by atoms with Crippen molar-refractivity contribution in [3.63, 3.8) is 0 Å². The standard InChI is InChI=1S/C13H16N4O/c1-8-7-18-17-11(8)6-14-12-5-9(2)15-13(16-12)10-3-4-10/h5,7,10H,3-4,6H2,1-2H3,(H,14,15,16). The first kappa shape index (κ1) is 11.2. The zero-order valence-electron chi connectivity index (χ0n) is 10.6. The molecule has 0 atom stereocenters. The van der Waals surface area contributed by atoms with Crippen molar-refractivity contribution in [2.45, 2.75) is 39.2 Å². The van der Waals surface area contributed by atoms with Gasteiger partial charge in [0.15, 0.2) is 0 Å². The molecule has 1 aliphatic rings. The third kappa shape index (κ3) is 2.34. The minimum absolute atomic E-state index is 0.569. The third-order valence-corrected chi connectivity index (χ3v) is 3.10. The van der Waals surface area contributed by atoms with Crippen molar-refractivity contribution in [2.24, 2.45) is 0 Å². The summed E-state index contributed by atoms with van der Waals surface area (Å²) in [5.41, 5.74) is 2.97. The van der Waals surface area contributed by atoms with E-state index in [1.165, 1.54) is 12.8 Å². The van der Waals surface area contributed by atoms with Crippen LogP contribution in [0, 0.1) is 13.8 Å². The Labute approximate surface area is 106 Å². The molecule has 0 amide bonds. The highest BCUT2D eigenvalue weighted by Crippen LogP contribution is 2.38. The van der Waals surface area contributed by atoms with E-state index < -0.39 is 0 Å². The molecule has 0 aromatic carbocycles. The first-order valence-corrected chi connectivity index (χ1v) is 6.21. The summed E-state index contributed by atoms with van der Waals surface area (Å²) in [6, 6.07) is 1.96. The summed E-state index contributed by atoms with van der Waals surface area (Å²) in [6.45, 7) is 4.61. The molecule has 2 heterocycles. The Hall–Kier alpha value is -1.91. The average Bonchev–Trinajstić information content (AvgIpc) is 3.11. The zero-order chi connectivity index (χ0) is 12.5. The van der Waals surface area contributed by atoms with E-state index in [2.05, 4.69) is 20.4 Å². The lowest BCUT2D eigenvalue weighted by Crippen LogP contribution is -2.06. The monoisotopic (exact) mass is 244 g/mol. The molecule has 94 valence electrons. The predicted octanol–water partition coefficient (Wildman–Crippen LogP) is 2.57. The van der Waals surface area contributed by atoms with Crippen molar-refractivity contribution in [1.82, 2.24) is 15.1 Å². The van der Waals surface area contributed by atoms with E-state index in [-0.39, 0.29) is 0 Å². The molecular formula is C13H16N4O. The van der Waals surface area contributed by atoms with Crippen LogP contribution in [0.15, 0.2) is 16.9 Å². The van der Waals surface area contributed by atoms with Crippen LogP contribution in [0.3, 0.4) is 0 Å². The number of aromatic nitrogens is 3. The summed E-state index contributed by atoms with van der Waals surface area (Å²) >= 11 is 0. The molecule has 5 nitrogen and oxygen atoms in total. The first-order valence-electron chi connectivity index (χ1n) is 6.21. The number of hydrogen-bond acceptors (Lipinski definition) is 5. The highest BCUT2D eigenvalue weighted by atomic mass is 16.5. The third-order valence-electron chi connectivity index (χ3n) is 3.10. The Kier molecular flexibility index (Phi) is 2.74. The van der Waals surface area contributed by atoms with Crippen LogP contribution < -0.4 is 5.32 Å². The van der Waals surface area contributed by atoms with Gasteiger partial charge in [0.05, 0.1) is 6.54 Å². The van der Waals surface area contributed by atoms with Gasteiger partial charge in [0.1, 0.15) is 23.6 Å². The van der Waals surface area contributed by atoms with E-state index in [0.29, 0.717) is 12.5 Å². The molecule has 5 heteroatoms. The summed E-state index contributed by atoms with van der Waals surface area (Å²) in [4.78, 5) is 9.02. The van der Waals surface area contributed by atoms with E-state index in [0.717, 1.165) is 28.6 Å². The fourth-order valence-corrected chi connectivity index (χ4v) is 1.86. The molecule has 2 aromatic rings. The number of nitrogens with zero attached hydrogens (tertiary/aromatic N) is 3. The molecule has 0 unspecified atom stereocenters. The fraction of sp³-hybridized carbons (Fsp3) is 0.462. The zero-order valence-corrected chi connectivity index (χ0v) is 10.6. The Balaban J connectivity index is 1.74. The largest absolute Gasteiger partial charge is 0.364 e. The molecule has 1 aliphatic carbocycles. The molecule has 0 aliphatic heterocycles. The topological polar surface area (TPSA) is 63.8 Å². The Morgan fingerprint density at radius 2 is 2.17 bits per heavy atom. The molecule has 0 spiro atoms. The number of aryl methyl sites for hydroxylation is 2. The number of hydrogen-bond donors (Lipinski definition) is 1. The van der Waals surface area contributed by atoms with E-state index in [1.54, 1.807) is 6.26 Å².